The van der Waals surface area contributed by atoms with Crippen LogP contribution in [0.5, 0.6) is 0 Å². The van der Waals surface area contributed by atoms with Gasteiger partial charge in [0.15, 0.2) is 0 Å². The summed E-state index contributed by atoms with van der Waals surface area (Å²) in [5.74, 6) is -0.101. The number of carbonyl (C=O) groups is 2. The minimum atomic E-state index is -0.232. The summed E-state index contributed by atoms with van der Waals surface area (Å²) in [5, 5.41) is 2.87. The van der Waals surface area contributed by atoms with Crippen molar-refractivity contribution in [3.05, 3.63) is 59.4 Å². The van der Waals surface area contributed by atoms with Gasteiger partial charge in [-0.3, -0.25) is 9.78 Å². The summed E-state index contributed by atoms with van der Waals surface area (Å²) in [6.07, 6.45) is 3.39. The van der Waals surface area contributed by atoms with Crippen molar-refractivity contribution in [1.82, 2.24) is 14.8 Å². The molecule has 2 rings (SSSR count). The first-order valence-electron chi connectivity index (χ1n) is 7.62. The third-order valence-electron chi connectivity index (χ3n) is 3.65. The average molecular weight is 326 g/mol. The van der Waals surface area contributed by atoms with Crippen LogP contribution in [0.25, 0.3) is 0 Å². The molecule has 0 aliphatic carbocycles. The van der Waals surface area contributed by atoms with Gasteiger partial charge in [0.25, 0.3) is 5.91 Å². The fourth-order valence-electron chi connectivity index (χ4n) is 2.19. The maximum Gasteiger partial charge on any atom is 0.321 e. The number of nitrogens with one attached hydrogen (secondary N) is 1. The Labute approximate surface area is 142 Å². The molecule has 0 spiro atoms. The van der Waals surface area contributed by atoms with E-state index in [0.29, 0.717) is 17.8 Å². The second kappa shape index (κ2) is 7.59. The number of nitrogens with zero attached hydrogens (tertiary/aromatic N) is 3. The molecule has 0 saturated carbocycles. The average Bonchev–Trinajstić information content (AvgIpc) is 2.56. The van der Waals surface area contributed by atoms with Crippen LogP contribution in [0.3, 0.4) is 0 Å². The standard InChI is InChI=1S/C18H22N4O2/c1-13-5-6-15(17(23)21(2)3)11-16(13)20-18(24)22(4)12-14-7-9-19-10-8-14/h5-11H,12H2,1-4H3,(H,20,24). The molecule has 3 amide bonds. The maximum atomic E-state index is 12.4. The van der Waals surface area contributed by atoms with Crippen molar-refractivity contribution in [2.24, 2.45) is 0 Å². The summed E-state index contributed by atoms with van der Waals surface area (Å²) in [4.78, 5) is 31.5. The molecular weight excluding hydrogens is 304 g/mol. The molecule has 1 heterocycles. The third-order valence-corrected chi connectivity index (χ3v) is 3.65. The molecule has 6 heteroatoms. The Morgan fingerprint density at radius 3 is 2.38 bits per heavy atom. The number of anilines is 1. The molecule has 0 fully saturated rings. The van der Waals surface area contributed by atoms with E-state index in [1.807, 2.05) is 25.1 Å². The van der Waals surface area contributed by atoms with Gasteiger partial charge in [0.05, 0.1) is 0 Å². The summed E-state index contributed by atoms with van der Waals surface area (Å²) in [6.45, 7) is 2.37. The molecule has 1 aromatic carbocycles. The van der Waals surface area contributed by atoms with Crippen LogP contribution in [0.2, 0.25) is 0 Å². The first kappa shape index (κ1) is 17.5. The van der Waals surface area contributed by atoms with E-state index < -0.39 is 0 Å². The number of benzene rings is 1. The lowest BCUT2D eigenvalue weighted by atomic mass is 10.1. The van der Waals surface area contributed by atoms with E-state index in [1.165, 1.54) is 4.90 Å². The lowest BCUT2D eigenvalue weighted by molar-refractivity contribution is 0.0827. The van der Waals surface area contributed by atoms with Gasteiger partial charge in [-0.15, -0.1) is 0 Å². The van der Waals surface area contributed by atoms with E-state index in [-0.39, 0.29) is 11.9 Å². The lowest BCUT2D eigenvalue weighted by Crippen LogP contribution is -2.31. The zero-order valence-electron chi connectivity index (χ0n) is 14.4. The van der Waals surface area contributed by atoms with Crippen LogP contribution in [0.15, 0.2) is 42.7 Å². The predicted octanol–water partition coefficient (Wildman–Crippen LogP) is 2.76. The van der Waals surface area contributed by atoms with Gasteiger partial charge in [-0.05, 0) is 42.3 Å². The van der Waals surface area contributed by atoms with Gasteiger partial charge in [-0.25, -0.2) is 4.79 Å². The molecule has 126 valence electrons. The van der Waals surface area contributed by atoms with Gasteiger partial charge in [-0.1, -0.05) is 6.07 Å². The van der Waals surface area contributed by atoms with E-state index in [1.54, 1.807) is 50.6 Å². The number of hydrogen-bond acceptors (Lipinski definition) is 3. The van der Waals surface area contributed by atoms with Crippen molar-refractivity contribution in [3.8, 4) is 0 Å². The number of pyridine rings is 1. The molecule has 0 atom stereocenters. The molecule has 0 unspecified atom stereocenters. The number of amides is 3. The third kappa shape index (κ3) is 4.32. The number of aromatic nitrogens is 1. The van der Waals surface area contributed by atoms with Crippen molar-refractivity contribution in [2.45, 2.75) is 13.5 Å². The SMILES string of the molecule is Cc1ccc(C(=O)N(C)C)cc1NC(=O)N(C)Cc1ccncc1. The number of aryl methyl sites for hydroxylation is 1. The Kier molecular flexibility index (Phi) is 5.52. The quantitative estimate of drug-likeness (QED) is 0.939. The van der Waals surface area contributed by atoms with Gasteiger partial charge < -0.3 is 15.1 Å². The molecule has 0 bridgehead atoms. The van der Waals surface area contributed by atoms with E-state index in [2.05, 4.69) is 10.3 Å². The second-order valence-corrected chi connectivity index (χ2v) is 5.87. The van der Waals surface area contributed by atoms with Crippen LogP contribution in [-0.4, -0.2) is 47.9 Å². The Bertz CT molecular complexity index is 729. The highest BCUT2D eigenvalue weighted by Crippen LogP contribution is 2.18. The van der Waals surface area contributed by atoms with Crippen LogP contribution in [-0.2, 0) is 6.54 Å². The molecule has 0 aliphatic rings. The lowest BCUT2D eigenvalue weighted by Gasteiger charge is -2.19. The Balaban J connectivity index is 2.10. The minimum Gasteiger partial charge on any atom is -0.345 e. The second-order valence-electron chi connectivity index (χ2n) is 5.87. The van der Waals surface area contributed by atoms with Crippen molar-refractivity contribution >= 4 is 17.6 Å². The summed E-state index contributed by atoms with van der Waals surface area (Å²) in [7, 11) is 5.12. The van der Waals surface area contributed by atoms with Crippen LogP contribution in [0.4, 0.5) is 10.5 Å². The van der Waals surface area contributed by atoms with Crippen molar-refractivity contribution in [1.29, 1.82) is 0 Å². The van der Waals surface area contributed by atoms with Crippen molar-refractivity contribution < 1.29 is 9.59 Å². The topological polar surface area (TPSA) is 65.5 Å². The highest BCUT2D eigenvalue weighted by atomic mass is 16.2. The predicted molar refractivity (Wildman–Crippen MR) is 93.9 cm³/mol. The molecule has 24 heavy (non-hydrogen) atoms. The largest absolute Gasteiger partial charge is 0.345 e. The summed E-state index contributed by atoms with van der Waals surface area (Å²) in [5.41, 5.74) is 3.07. The monoisotopic (exact) mass is 326 g/mol. The fraction of sp³-hybridized carbons (Fsp3) is 0.278. The van der Waals surface area contributed by atoms with Gasteiger partial charge in [-0.2, -0.15) is 0 Å². The van der Waals surface area contributed by atoms with Crippen LogP contribution < -0.4 is 5.32 Å². The van der Waals surface area contributed by atoms with Crippen LogP contribution in [0, 0.1) is 6.92 Å². The number of hydrogen-bond donors (Lipinski definition) is 1. The molecule has 2 aromatic rings. The van der Waals surface area contributed by atoms with Gasteiger partial charge in [0, 0.05) is 51.3 Å². The smallest absolute Gasteiger partial charge is 0.321 e. The first-order valence-corrected chi connectivity index (χ1v) is 7.62. The van der Waals surface area contributed by atoms with E-state index in [0.717, 1.165) is 11.1 Å². The first-order chi connectivity index (χ1) is 11.4. The fourth-order valence-corrected chi connectivity index (χ4v) is 2.19. The van der Waals surface area contributed by atoms with E-state index >= 15 is 0 Å². The van der Waals surface area contributed by atoms with Crippen molar-refractivity contribution in [3.63, 3.8) is 0 Å². The molecular formula is C18H22N4O2. The summed E-state index contributed by atoms with van der Waals surface area (Å²) in [6, 6.07) is 8.79. The molecule has 6 nitrogen and oxygen atoms in total. The molecule has 0 radical (unpaired) electrons. The minimum absolute atomic E-state index is 0.101. The summed E-state index contributed by atoms with van der Waals surface area (Å²) >= 11 is 0. The van der Waals surface area contributed by atoms with Gasteiger partial charge in [0.1, 0.15) is 0 Å². The normalized spacial score (nSPS) is 10.2. The number of rotatable bonds is 4. The number of carbonyl (C=O) groups excluding carboxylic acids is 2. The van der Waals surface area contributed by atoms with Crippen molar-refractivity contribution in [2.75, 3.05) is 26.5 Å². The zero-order chi connectivity index (χ0) is 17.7. The Hall–Kier alpha value is -2.89. The zero-order valence-corrected chi connectivity index (χ0v) is 14.4. The molecule has 1 aromatic heterocycles. The Morgan fingerprint density at radius 1 is 1.08 bits per heavy atom. The molecule has 0 aliphatic heterocycles. The van der Waals surface area contributed by atoms with E-state index in [9.17, 15) is 9.59 Å². The maximum absolute atomic E-state index is 12.4. The molecule has 0 saturated heterocycles. The van der Waals surface area contributed by atoms with E-state index in [4.69, 9.17) is 0 Å². The van der Waals surface area contributed by atoms with Crippen LogP contribution >= 0.6 is 0 Å². The highest BCUT2D eigenvalue weighted by Gasteiger charge is 2.14. The summed E-state index contributed by atoms with van der Waals surface area (Å²) < 4.78 is 0. The number of urea groups is 1. The van der Waals surface area contributed by atoms with Crippen LogP contribution in [0.1, 0.15) is 21.5 Å². The molecule has 1 N–H and O–H groups in total. The van der Waals surface area contributed by atoms with Gasteiger partial charge in [0.2, 0.25) is 0 Å². The van der Waals surface area contributed by atoms with Gasteiger partial charge >= 0.3 is 6.03 Å². The highest BCUT2D eigenvalue weighted by molar-refractivity contribution is 5.97. The Morgan fingerprint density at radius 2 is 1.75 bits per heavy atom.